The van der Waals surface area contributed by atoms with Gasteiger partial charge in [-0.05, 0) is 40.5 Å². The van der Waals surface area contributed by atoms with Gasteiger partial charge in [0.2, 0.25) is 5.91 Å². The van der Waals surface area contributed by atoms with Crippen LogP contribution in [0, 0.1) is 0 Å². The molecule has 2 N–H and O–H groups in total. The maximum atomic E-state index is 12.0. The quantitative estimate of drug-likeness (QED) is 0.893. The van der Waals surface area contributed by atoms with E-state index in [1.807, 2.05) is 0 Å². The summed E-state index contributed by atoms with van der Waals surface area (Å²) in [7, 11) is 1.65. The molecule has 1 aromatic rings. The Morgan fingerprint density at radius 1 is 1.61 bits per heavy atom. The highest BCUT2D eigenvalue weighted by Gasteiger charge is 2.29. The second-order valence-electron chi connectivity index (χ2n) is 4.17. The molecular formula is C12H14BrClN2O2. The lowest BCUT2D eigenvalue weighted by Gasteiger charge is -2.12. The summed E-state index contributed by atoms with van der Waals surface area (Å²) in [4.78, 5) is 12.0. The van der Waals surface area contributed by atoms with Crippen LogP contribution in [-0.4, -0.2) is 31.7 Å². The number of hydrogen-bond acceptors (Lipinski definition) is 3. The second-order valence-corrected chi connectivity index (χ2v) is 5.46. The van der Waals surface area contributed by atoms with Crippen LogP contribution in [-0.2, 0) is 9.53 Å². The van der Waals surface area contributed by atoms with Gasteiger partial charge >= 0.3 is 0 Å². The number of hydrogen-bond donors (Lipinski definition) is 2. The molecule has 4 nitrogen and oxygen atoms in total. The fourth-order valence-corrected chi connectivity index (χ4v) is 2.41. The van der Waals surface area contributed by atoms with Crippen LogP contribution >= 0.6 is 27.5 Å². The predicted octanol–water partition coefficient (Wildman–Crippen LogP) is 2.42. The van der Waals surface area contributed by atoms with Crippen molar-refractivity contribution in [1.82, 2.24) is 5.32 Å². The van der Waals surface area contributed by atoms with Gasteiger partial charge in [0.15, 0.2) is 0 Å². The van der Waals surface area contributed by atoms with E-state index < -0.39 is 0 Å². The van der Waals surface area contributed by atoms with E-state index in [9.17, 15) is 4.79 Å². The lowest BCUT2D eigenvalue weighted by molar-refractivity contribution is -0.118. The van der Waals surface area contributed by atoms with E-state index in [1.54, 1.807) is 25.3 Å². The van der Waals surface area contributed by atoms with Crippen LogP contribution in [0.3, 0.4) is 0 Å². The zero-order valence-electron chi connectivity index (χ0n) is 9.87. The Morgan fingerprint density at radius 2 is 2.39 bits per heavy atom. The number of anilines is 1. The van der Waals surface area contributed by atoms with Gasteiger partial charge in [0.1, 0.15) is 0 Å². The van der Waals surface area contributed by atoms with E-state index in [2.05, 4.69) is 26.6 Å². The van der Waals surface area contributed by atoms with Crippen LogP contribution in [0.5, 0.6) is 0 Å². The van der Waals surface area contributed by atoms with Gasteiger partial charge in [-0.15, -0.1) is 0 Å². The van der Waals surface area contributed by atoms with E-state index in [-0.39, 0.29) is 18.1 Å². The van der Waals surface area contributed by atoms with Crippen LogP contribution in [0.4, 0.5) is 5.69 Å². The molecule has 0 aromatic heterocycles. The van der Waals surface area contributed by atoms with Crippen LogP contribution in [0.15, 0.2) is 22.7 Å². The van der Waals surface area contributed by atoms with E-state index >= 15 is 0 Å². The molecule has 0 aliphatic carbocycles. The fraction of sp³-hybridized carbons (Fsp3) is 0.417. The van der Waals surface area contributed by atoms with Crippen molar-refractivity contribution in [2.75, 3.05) is 19.0 Å². The van der Waals surface area contributed by atoms with Crippen molar-refractivity contribution < 1.29 is 9.53 Å². The minimum absolute atomic E-state index is 0.0717. The molecule has 98 valence electrons. The Labute approximate surface area is 119 Å². The molecule has 1 aliphatic heterocycles. The largest absolute Gasteiger partial charge is 0.380 e. The van der Waals surface area contributed by atoms with E-state index in [4.69, 9.17) is 16.3 Å². The van der Waals surface area contributed by atoms with Crippen LogP contribution in [0.1, 0.15) is 6.42 Å². The Hall–Kier alpha value is -0.620. The summed E-state index contributed by atoms with van der Waals surface area (Å²) >= 11 is 9.27. The van der Waals surface area contributed by atoms with Crippen molar-refractivity contribution in [1.29, 1.82) is 0 Å². The van der Waals surface area contributed by atoms with Gasteiger partial charge in [-0.1, -0.05) is 11.6 Å². The number of carbonyl (C=O) groups is 1. The lowest BCUT2D eigenvalue weighted by atomic mass is 10.2. The van der Waals surface area contributed by atoms with Crippen LogP contribution in [0.25, 0.3) is 0 Å². The van der Waals surface area contributed by atoms with Gasteiger partial charge in [-0.3, -0.25) is 4.79 Å². The van der Waals surface area contributed by atoms with Crippen LogP contribution in [0.2, 0.25) is 5.02 Å². The maximum Gasteiger partial charge on any atom is 0.241 e. The van der Waals surface area contributed by atoms with E-state index in [0.29, 0.717) is 23.7 Å². The van der Waals surface area contributed by atoms with Crippen molar-refractivity contribution in [3.63, 3.8) is 0 Å². The van der Waals surface area contributed by atoms with Crippen molar-refractivity contribution in [2.45, 2.75) is 18.6 Å². The number of halogens is 2. The molecule has 0 saturated carbocycles. The lowest BCUT2D eigenvalue weighted by Crippen LogP contribution is -2.35. The Bertz CT molecular complexity index is 456. The average molecular weight is 334 g/mol. The summed E-state index contributed by atoms with van der Waals surface area (Å²) in [6, 6.07) is 5.06. The van der Waals surface area contributed by atoms with Gasteiger partial charge in [-0.2, -0.15) is 0 Å². The monoisotopic (exact) mass is 332 g/mol. The van der Waals surface area contributed by atoms with Gasteiger partial charge in [0.05, 0.1) is 17.8 Å². The number of rotatable bonds is 3. The molecule has 1 aliphatic rings. The minimum atomic E-state index is -0.221. The van der Waals surface area contributed by atoms with Gasteiger partial charge in [0.25, 0.3) is 0 Å². The summed E-state index contributed by atoms with van der Waals surface area (Å²) in [5.74, 6) is -0.0717. The number of benzene rings is 1. The number of nitrogens with one attached hydrogen (secondary N) is 2. The van der Waals surface area contributed by atoms with Gasteiger partial charge < -0.3 is 15.4 Å². The molecule has 1 saturated heterocycles. The second kappa shape index (κ2) is 6.02. The molecule has 2 atom stereocenters. The molecule has 6 heteroatoms. The summed E-state index contributed by atoms with van der Waals surface area (Å²) in [5.41, 5.74) is 0.676. The molecule has 1 aromatic carbocycles. The Kier molecular flexibility index (Phi) is 4.61. The number of amides is 1. The first-order chi connectivity index (χ1) is 8.60. The van der Waals surface area contributed by atoms with Crippen molar-refractivity contribution in [2.24, 2.45) is 0 Å². The van der Waals surface area contributed by atoms with Crippen molar-refractivity contribution >= 4 is 39.1 Å². The maximum absolute atomic E-state index is 12.0. The molecule has 18 heavy (non-hydrogen) atoms. The summed E-state index contributed by atoms with van der Waals surface area (Å²) < 4.78 is 6.02. The molecule has 1 heterocycles. The summed E-state index contributed by atoms with van der Waals surface area (Å²) in [5, 5.41) is 6.56. The fourth-order valence-electron chi connectivity index (χ4n) is 1.90. The third-order valence-electron chi connectivity index (χ3n) is 2.93. The Morgan fingerprint density at radius 3 is 3.06 bits per heavy atom. The smallest absolute Gasteiger partial charge is 0.241 e. The Balaban J connectivity index is 2.01. The SMILES string of the molecule is COC1CNC(C(=O)Nc2cc(Cl)ccc2Br)C1. The third-order valence-corrected chi connectivity index (χ3v) is 3.85. The topological polar surface area (TPSA) is 50.4 Å². The van der Waals surface area contributed by atoms with E-state index in [0.717, 1.165) is 4.47 Å². The highest BCUT2D eigenvalue weighted by molar-refractivity contribution is 9.10. The average Bonchev–Trinajstić information content (AvgIpc) is 2.82. The number of ether oxygens (including phenoxy) is 1. The molecule has 0 radical (unpaired) electrons. The third kappa shape index (κ3) is 3.23. The summed E-state index contributed by atoms with van der Waals surface area (Å²) in [6.07, 6.45) is 0.782. The molecule has 2 unspecified atom stereocenters. The molecule has 2 rings (SSSR count). The van der Waals surface area contributed by atoms with Crippen molar-refractivity contribution in [3.8, 4) is 0 Å². The van der Waals surface area contributed by atoms with E-state index in [1.165, 1.54) is 0 Å². The zero-order valence-corrected chi connectivity index (χ0v) is 12.2. The highest BCUT2D eigenvalue weighted by atomic mass is 79.9. The molecule has 0 spiro atoms. The number of carbonyl (C=O) groups excluding carboxylic acids is 1. The minimum Gasteiger partial charge on any atom is -0.380 e. The van der Waals surface area contributed by atoms with Gasteiger partial charge in [-0.25, -0.2) is 0 Å². The number of methoxy groups -OCH3 is 1. The first-order valence-electron chi connectivity index (χ1n) is 5.62. The van der Waals surface area contributed by atoms with Crippen molar-refractivity contribution in [3.05, 3.63) is 27.7 Å². The molecule has 1 fully saturated rings. The first kappa shape index (κ1) is 13.8. The molecule has 1 amide bonds. The van der Waals surface area contributed by atoms with Gasteiger partial charge in [0, 0.05) is 23.1 Å². The molecule has 0 bridgehead atoms. The highest BCUT2D eigenvalue weighted by Crippen LogP contribution is 2.26. The summed E-state index contributed by atoms with van der Waals surface area (Å²) in [6.45, 7) is 0.700. The zero-order chi connectivity index (χ0) is 13.1. The van der Waals surface area contributed by atoms with Crippen LogP contribution < -0.4 is 10.6 Å². The molecular weight excluding hydrogens is 320 g/mol. The normalized spacial score (nSPS) is 23.1. The predicted molar refractivity (Wildman–Crippen MR) is 75.0 cm³/mol. The first-order valence-corrected chi connectivity index (χ1v) is 6.79. The standard InChI is InChI=1S/C12H14BrClN2O2/c1-18-8-5-11(15-6-8)12(17)16-10-4-7(14)2-3-9(10)13/h2-4,8,11,15H,5-6H2,1H3,(H,16,17).